The van der Waals surface area contributed by atoms with Gasteiger partial charge in [-0.05, 0) is 18.9 Å². The zero-order valence-electron chi connectivity index (χ0n) is 11.4. The van der Waals surface area contributed by atoms with Crippen LogP contribution in [0.15, 0.2) is 23.1 Å². The molecule has 0 aromatic heterocycles. The average molecular weight is 316 g/mol. The van der Waals surface area contributed by atoms with Crippen LogP contribution in [0.5, 0.6) is 5.75 Å². The highest BCUT2D eigenvalue weighted by atomic mass is 32.2. The van der Waals surface area contributed by atoms with E-state index in [2.05, 4.69) is 4.72 Å². The Bertz CT molecular complexity index is 654. The van der Waals surface area contributed by atoms with Crippen LogP contribution in [0.25, 0.3) is 0 Å². The SMILES string of the molecule is COc1cc([N+](=O)[O-])ccc1S(=O)(=O)NCC1(CO)CC1. The molecule has 2 N–H and O–H groups in total. The maximum atomic E-state index is 12.2. The van der Waals surface area contributed by atoms with E-state index < -0.39 is 14.9 Å². The van der Waals surface area contributed by atoms with Gasteiger partial charge in [0.2, 0.25) is 10.0 Å². The monoisotopic (exact) mass is 316 g/mol. The van der Waals surface area contributed by atoms with Gasteiger partial charge in [-0.3, -0.25) is 10.1 Å². The van der Waals surface area contributed by atoms with Gasteiger partial charge in [0.05, 0.1) is 18.1 Å². The van der Waals surface area contributed by atoms with Crippen molar-refractivity contribution in [1.82, 2.24) is 4.72 Å². The molecule has 21 heavy (non-hydrogen) atoms. The number of aliphatic hydroxyl groups is 1. The molecule has 0 atom stereocenters. The molecule has 0 spiro atoms. The summed E-state index contributed by atoms with van der Waals surface area (Å²) < 4.78 is 31.8. The Labute approximate surface area is 121 Å². The van der Waals surface area contributed by atoms with Gasteiger partial charge in [-0.15, -0.1) is 0 Å². The maximum Gasteiger partial charge on any atom is 0.273 e. The second-order valence-electron chi connectivity index (χ2n) is 5.07. The number of aliphatic hydroxyl groups excluding tert-OH is 1. The molecule has 1 aliphatic carbocycles. The molecule has 2 rings (SSSR count). The van der Waals surface area contributed by atoms with Gasteiger partial charge in [-0.2, -0.15) is 0 Å². The molecule has 116 valence electrons. The molecule has 0 heterocycles. The lowest BCUT2D eigenvalue weighted by Gasteiger charge is -2.14. The minimum atomic E-state index is -3.86. The molecule has 1 saturated carbocycles. The Morgan fingerprint density at radius 2 is 2.14 bits per heavy atom. The molecule has 8 nitrogen and oxygen atoms in total. The lowest BCUT2D eigenvalue weighted by atomic mass is 10.1. The van der Waals surface area contributed by atoms with E-state index in [-0.39, 0.29) is 34.9 Å². The standard InChI is InChI=1S/C12H16N2O6S/c1-20-10-6-9(14(16)17)2-3-11(10)21(18,19)13-7-12(8-15)4-5-12/h2-3,6,13,15H,4-5,7-8H2,1H3. The molecule has 1 aromatic rings. The van der Waals surface area contributed by atoms with Crippen molar-refractivity contribution in [3.05, 3.63) is 28.3 Å². The summed E-state index contributed by atoms with van der Waals surface area (Å²) in [5.74, 6) is -0.0921. The Morgan fingerprint density at radius 3 is 2.62 bits per heavy atom. The lowest BCUT2D eigenvalue weighted by Crippen LogP contribution is -2.32. The number of nitro benzene ring substituents is 1. The molecule has 1 aromatic carbocycles. The zero-order chi connectivity index (χ0) is 15.7. The van der Waals surface area contributed by atoms with Crippen LogP contribution in [0.4, 0.5) is 5.69 Å². The minimum Gasteiger partial charge on any atom is -0.495 e. The first-order valence-corrected chi connectivity index (χ1v) is 7.75. The molecule has 1 fully saturated rings. The summed E-state index contributed by atoms with van der Waals surface area (Å²) in [4.78, 5) is 9.90. The Hall–Kier alpha value is -1.71. The molecule has 9 heteroatoms. The van der Waals surface area contributed by atoms with Crippen molar-refractivity contribution in [3.63, 3.8) is 0 Å². The molecular formula is C12H16N2O6S. The Kier molecular flexibility index (Phi) is 4.17. The summed E-state index contributed by atoms with van der Waals surface area (Å²) in [7, 11) is -2.61. The number of benzene rings is 1. The molecule has 0 unspecified atom stereocenters. The van der Waals surface area contributed by atoms with Crippen molar-refractivity contribution in [1.29, 1.82) is 0 Å². The molecule has 0 radical (unpaired) electrons. The first-order chi connectivity index (χ1) is 9.83. The minimum absolute atomic E-state index is 0.0765. The third-order valence-corrected chi connectivity index (χ3v) is 5.02. The smallest absolute Gasteiger partial charge is 0.273 e. The number of nitrogens with one attached hydrogen (secondary N) is 1. The molecule has 0 aliphatic heterocycles. The van der Waals surface area contributed by atoms with E-state index in [1.807, 2.05) is 0 Å². The van der Waals surface area contributed by atoms with Gasteiger partial charge in [-0.25, -0.2) is 13.1 Å². The number of methoxy groups -OCH3 is 1. The molecular weight excluding hydrogens is 300 g/mol. The van der Waals surface area contributed by atoms with Gasteiger partial charge >= 0.3 is 0 Å². The van der Waals surface area contributed by atoms with Crippen LogP contribution in [0.1, 0.15) is 12.8 Å². The predicted molar refractivity (Wildman–Crippen MR) is 73.6 cm³/mol. The van der Waals surface area contributed by atoms with E-state index in [9.17, 15) is 23.6 Å². The summed E-state index contributed by atoms with van der Waals surface area (Å²) in [6, 6.07) is 3.31. The number of nitrogens with zero attached hydrogens (tertiary/aromatic N) is 1. The summed E-state index contributed by atoms with van der Waals surface area (Å²) >= 11 is 0. The first-order valence-electron chi connectivity index (χ1n) is 6.26. The van der Waals surface area contributed by atoms with Gasteiger partial charge < -0.3 is 9.84 Å². The number of sulfonamides is 1. The third-order valence-electron chi connectivity index (χ3n) is 3.58. The highest BCUT2D eigenvalue weighted by Gasteiger charge is 2.42. The van der Waals surface area contributed by atoms with Gasteiger partial charge in [0, 0.05) is 24.6 Å². The van der Waals surface area contributed by atoms with Crippen molar-refractivity contribution in [2.24, 2.45) is 5.41 Å². The highest BCUT2D eigenvalue weighted by molar-refractivity contribution is 7.89. The molecule has 0 saturated heterocycles. The van der Waals surface area contributed by atoms with Crippen molar-refractivity contribution in [3.8, 4) is 5.75 Å². The Balaban J connectivity index is 2.25. The zero-order valence-corrected chi connectivity index (χ0v) is 12.2. The van der Waals surface area contributed by atoms with Crippen molar-refractivity contribution in [2.75, 3.05) is 20.3 Å². The van der Waals surface area contributed by atoms with Crippen LogP contribution in [-0.2, 0) is 10.0 Å². The average Bonchev–Trinajstić information content (AvgIpc) is 3.25. The number of non-ortho nitro benzene ring substituents is 1. The van der Waals surface area contributed by atoms with Crippen molar-refractivity contribution < 1.29 is 23.2 Å². The number of hydrogen-bond donors (Lipinski definition) is 2. The van der Waals surface area contributed by atoms with E-state index >= 15 is 0 Å². The van der Waals surface area contributed by atoms with Gasteiger partial charge in [0.1, 0.15) is 10.6 Å². The topological polar surface area (TPSA) is 119 Å². The van der Waals surface area contributed by atoms with E-state index in [1.165, 1.54) is 7.11 Å². The van der Waals surface area contributed by atoms with Gasteiger partial charge in [-0.1, -0.05) is 0 Å². The Morgan fingerprint density at radius 1 is 1.48 bits per heavy atom. The first kappa shape index (κ1) is 15.7. The molecule has 0 bridgehead atoms. The number of nitro groups is 1. The van der Waals surface area contributed by atoms with Crippen molar-refractivity contribution >= 4 is 15.7 Å². The number of hydrogen-bond acceptors (Lipinski definition) is 6. The predicted octanol–water partition coefficient (Wildman–Crippen LogP) is 0.654. The van der Waals surface area contributed by atoms with Crippen LogP contribution in [0.3, 0.4) is 0 Å². The van der Waals surface area contributed by atoms with Gasteiger partial charge in [0.15, 0.2) is 0 Å². The molecule has 0 amide bonds. The fourth-order valence-electron chi connectivity index (χ4n) is 1.89. The summed E-state index contributed by atoms with van der Waals surface area (Å²) in [5.41, 5.74) is -0.624. The van der Waals surface area contributed by atoms with E-state index in [4.69, 9.17) is 4.74 Å². The number of rotatable bonds is 7. The van der Waals surface area contributed by atoms with Crippen LogP contribution < -0.4 is 9.46 Å². The summed E-state index contributed by atoms with van der Waals surface area (Å²) in [6.45, 7) is 0.0545. The van der Waals surface area contributed by atoms with E-state index in [1.54, 1.807) is 0 Å². The summed E-state index contributed by atoms with van der Waals surface area (Å²) in [6.07, 6.45) is 1.53. The van der Waals surface area contributed by atoms with Crippen LogP contribution in [-0.4, -0.2) is 38.7 Å². The third kappa shape index (κ3) is 3.31. The fourth-order valence-corrected chi connectivity index (χ4v) is 3.19. The van der Waals surface area contributed by atoms with Crippen LogP contribution in [0.2, 0.25) is 0 Å². The number of ether oxygens (including phenoxy) is 1. The van der Waals surface area contributed by atoms with E-state index in [0.717, 1.165) is 31.0 Å². The highest BCUT2D eigenvalue weighted by Crippen LogP contribution is 2.44. The largest absolute Gasteiger partial charge is 0.495 e. The lowest BCUT2D eigenvalue weighted by molar-refractivity contribution is -0.385. The summed E-state index contributed by atoms with van der Waals surface area (Å²) in [5, 5.41) is 19.9. The fraction of sp³-hybridized carbons (Fsp3) is 0.500. The van der Waals surface area contributed by atoms with Crippen molar-refractivity contribution in [2.45, 2.75) is 17.7 Å². The maximum absolute atomic E-state index is 12.2. The molecule has 1 aliphatic rings. The van der Waals surface area contributed by atoms with Crippen LogP contribution >= 0.6 is 0 Å². The normalized spacial score (nSPS) is 16.5. The van der Waals surface area contributed by atoms with Crippen LogP contribution in [0, 0.1) is 15.5 Å². The quantitative estimate of drug-likeness (QED) is 0.563. The second-order valence-corrected chi connectivity index (χ2v) is 6.81. The van der Waals surface area contributed by atoms with E-state index in [0.29, 0.717) is 0 Å². The van der Waals surface area contributed by atoms with Gasteiger partial charge in [0.25, 0.3) is 5.69 Å². The second kappa shape index (κ2) is 5.58.